The molecule has 0 radical (unpaired) electrons. The fourth-order valence-electron chi connectivity index (χ4n) is 1.81. The molecule has 2 rings (SSSR count). The fraction of sp³-hybridized carbons (Fsp3) is 0.500. The van der Waals surface area contributed by atoms with Crippen LogP contribution in [0.25, 0.3) is 0 Å². The number of nitrogens with one attached hydrogen (secondary N) is 1. The zero-order valence-corrected chi connectivity index (χ0v) is 11.5. The van der Waals surface area contributed by atoms with Crippen LogP contribution in [0.2, 0.25) is 0 Å². The first kappa shape index (κ1) is 13.7. The average molecular weight is 265 g/mol. The normalized spacial score (nSPS) is 13.4. The predicted molar refractivity (Wildman–Crippen MR) is 70.1 cm³/mol. The molecular weight excluding hydrogens is 246 g/mol. The summed E-state index contributed by atoms with van der Waals surface area (Å²) in [4.78, 5) is 11.5. The highest BCUT2D eigenvalue weighted by Crippen LogP contribution is 2.35. The van der Waals surface area contributed by atoms with Crippen molar-refractivity contribution in [1.82, 2.24) is 5.32 Å². The minimum absolute atomic E-state index is 0.168. The van der Waals surface area contributed by atoms with Crippen molar-refractivity contribution in [3.63, 3.8) is 0 Å². The van der Waals surface area contributed by atoms with E-state index in [1.54, 1.807) is 0 Å². The first-order valence-corrected chi connectivity index (χ1v) is 6.26. The Morgan fingerprint density at radius 1 is 1.37 bits per heavy atom. The van der Waals surface area contributed by atoms with Crippen molar-refractivity contribution in [2.24, 2.45) is 0 Å². The van der Waals surface area contributed by atoms with E-state index in [4.69, 9.17) is 14.2 Å². The molecule has 5 heteroatoms. The first-order valence-electron chi connectivity index (χ1n) is 6.26. The molecule has 0 fully saturated rings. The van der Waals surface area contributed by atoms with Gasteiger partial charge in [-0.15, -0.1) is 0 Å². The van der Waals surface area contributed by atoms with Gasteiger partial charge < -0.3 is 19.5 Å². The highest BCUT2D eigenvalue weighted by molar-refractivity contribution is 5.72. The minimum atomic E-state index is -0.455. The molecule has 104 valence electrons. The molecule has 0 atom stereocenters. The second-order valence-electron chi connectivity index (χ2n) is 5.34. The summed E-state index contributed by atoms with van der Waals surface area (Å²) in [5.74, 6) is 1.23. The monoisotopic (exact) mass is 265 g/mol. The Hall–Kier alpha value is -1.75. The van der Waals surface area contributed by atoms with Crippen molar-refractivity contribution >= 4 is 5.97 Å². The van der Waals surface area contributed by atoms with Gasteiger partial charge in [-0.05, 0) is 26.8 Å². The largest absolute Gasteiger partial charge is 0.459 e. The van der Waals surface area contributed by atoms with Gasteiger partial charge in [-0.3, -0.25) is 4.79 Å². The van der Waals surface area contributed by atoms with E-state index >= 15 is 0 Å². The topological polar surface area (TPSA) is 56.8 Å². The van der Waals surface area contributed by atoms with E-state index in [0.717, 1.165) is 17.1 Å². The zero-order chi connectivity index (χ0) is 13.9. The first-order chi connectivity index (χ1) is 8.96. The Bertz CT molecular complexity index is 465. The molecule has 0 aromatic heterocycles. The SMILES string of the molecule is CC(C)(C)OC(=O)CNCc1cccc2c1OCO2. The summed E-state index contributed by atoms with van der Waals surface area (Å²) in [6.45, 7) is 6.49. The number of para-hydroxylation sites is 1. The summed E-state index contributed by atoms with van der Waals surface area (Å²) in [7, 11) is 0. The third-order valence-electron chi connectivity index (χ3n) is 2.48. The van der Waals surface area contributed by atoms with Crippen LogP contribution in [0.1, 0.15) is 26.3 Å². The molecule has 5 nitrogen and oxygen atoms in total. The molecule has 0 saturated heterocycles. The lowest BCUT2D eigenvalue weighted by atomic mass is 10.2. The second-order valence-corrected chi connectivity index (χ2v) is 5.34. The molecule has 0 spiro atoms. The Morgan fingerprint density at radius 2 is 2.16 bits per heavy atom. The number of esters is 1. The summed E-state index contributed by atoms with van der Waals surface area (Å²) >= 11 is 0. The highest BCUT2D eigenvalue weighted by atomic mass is 16.7. The summed E-state index contributed by atoms with van der Waals surface area (Å²) in [6.07, 6.45) is 0. The van der Waals surface area contributed by atoms with Crippen LogP contribution in [-0.2, 0) is 16.1 Å². The molecule has 1 heterocycles. The zero-order valence-electron chi connectivity index (χ0n) is 11.5. The molecule has 0 bridgehead atoms. The molecular formula is C14H19NO4. The minimum Gasteiger partial charge on any atom is -0.459 e. The number of fused-ring (bicyclic) bond motifs is 1. The Labute approximate surface area is 112 Å². The van der Waals surface area contributed by atoms with Gasteiger partial charge in [0.25, 0.3) is 0 Å². The van der Waals surface area contributed by atoms with Crippen LogP contribution in [0.15, 0.2) is 18.2 Å². The van der Waals surface area contributed by atoms with Crippen LogP contribution in [0.3, 0.4) is 0 Å². The van der Waals surface area contributed by atoms with Gasteiger partial charge in [-0.1, -0.05) is 12.1 Å². The van der Waals surface area contributed by atoms with E-state index in [1.165, 1.54) is 0 Å². The van der Waals surface area contributed by atoms with Crippen LogP contribution in [0.5, 0.6) is 11.5 Å². The maximum Gasteiger partial charge on any atom is 0.320 e. The lowest BCUT2D eigenvalue weighted by Crippen LogP contribution is -2.31. The van der Waals surface area contributed by atoms with Crippen LogP contribution in [-0.4, -0.2) is 24.9 Å². The van der Waals surface area contributed by atoms with Crippen molar-refractivity contribution in [3.05, 3.63) is 23.8 Å². The summed E-state index contributed by atoms with van der Waals surface area (Å²) in [5, 5.41) is 3.04. The number of hydrogen-bond donors (Lipinski definition) is 1. The third-order valence-corrected chi connectivity index (χ3v) is 2.48. The molecule has 0 amide bonds. The molecule has 1 aliphatic rings. The molecule has 0 aliphatic carbocycles. The second kappa shape index (κ2) is 5.48. The third kappa shape index (κ3) is 3.86. The van der Waals surface area contributed by atoms with E-state index in [9.17, 15) is 4.79 Å². The van der Waals surface area contributed by atoms with Gasteiger partial charge in [-0.25, -0.2) is 0 Å². The molecule has 0 unspecified atom stereocenters. The van der Waals surface area contributed by atoms with E-state index < -0.39 is 5.60 Å². The number of carbonyl (C=O) groups excluding carboxylic acids is 1. The lowest BCUT2D eigenvalue weighted by Gasteiger charge is -2.19. The van der Waals surface area contributed by atoms with Gasteiger partial charge in [-0.2, -0.15) is 0 Å². The van der Waals surface area contributed by atoms with Gasteiger partial charge in [0.1, 0.15) is 5.60 Å². The van der Waals surface area contributed by atoms with Crippen molar-refractivity contribution in [2.45, 2.75) is 32.9 Å². The standard InChI is InChI=1S/C14H19NO4/c1-14(2,3)19-12(16)8-15-7-10-5-4-6-11-13(10)18-9-17-11/h4-6,15H,7-9H2,1-3H3. The smallest absolute Gasteiger partial charge is 0.320 e. The van der Waals surface area contributed by atoms with Gasteiger partial charge in [0.2, 0.25) is 6.79 Å². The maximum atomic E-state index is 11.5. The molecule has 1 aliphatic heterocycles. The van der Waals surface area contributed by atoms with Crippen LogP contribution in [0.4, 0.5) is 0 Å². The molecule has 1 aromatic rings. The highest BCUT2D eigenvalue weighted by Gasteiger charge is 2.18. The summed E-state index contributed by atoms with van der Waals surface area (Å²) < 4.78 is 15.9. The summed E-state index contributed by atoms with van der Waals surface area (Å²) in [6, 6.07) is 5.70. The van der Waals surface area contributed by atoms with Crippen molar-refractivity contribution in [2.75, 3.05) is 13.3 Å². The Balaban J connectivity index is 1.84. The van der Waals surface area contributed by atoms with Crippen molar-refractivity contribution < 1.29 is 19.0 Å². The Morgan fingerprint density at radius 3 is 2.89 bits per heavy atom. The Kier molecular flexibility index (Phi) is 3.95. The van der Waals surface area contributed by atoms with Crippen LogP contribution in [0, 0.1) is 0 Å². The maximum absolute atomic E-state index is 11.5. The molecule has 1 aromatic carbocycles. The summed E-state index contributed by atoms with van der Waals surface area (Å²) in [5.41, 5.74) is 0.516. The number of rotatable bonds is 4. The average Bonchev–Trinajstić information content (AvgIpc) is 2.75. The van der Waals surface area contributed by atoms with Gasteiger partial charge in [0.05, 0.1) is 6.54 Å². The molecule has 0 saturated carbocycles. The lowest BCUT2D eigenvalue weighted by molar-refractivity contribution is -0.153. The van der Waals surface area contributed by atoms with Gasteiger partial charge in [0.15, 0.2) is 11.5 Å². The van der Waals surface area contributed by atoms with E-state index in [2.05, 4.69) is 5.32 Å². The fourth-order valence-corrected chi connectivity index (χ4v) is 1.81. The number of hydrogen-bond acceptors (Lipinski definition) is 5. The quantitative estimate of drug-likeness (QED) is 0.842. The van der Waals surface area contributed by atoms with E-state index in [0.29, 0.717) is 6.54 Å². The predicted octanol–water partition coefficient (Wildman–Crippen LogP) is 1.85. The van der Waals surface area contributed by atoms with E-state index in [-0.39, 0.29) is 19.3 Å². The van der Waals surface area contributed by atoms with Crippen LogP contribution < -0.4 is 14.8 Å². The van der Waals surface area contributed by atoms with Gasteiger partial charge in [0, 0.05) is 12.1 Å². The van der Waals surface area contributed by atoms with Crippen molar-refractivity contribution in [3.8, 4) is 11.5 Å². The van der Waals surface area contributed by atoms with E-state index in [1.807, 2.05) is 39.0 Å². The van der Waals surface area contributed by atoms with Crippen LogP contribution >= 0.6 is 0 Å². The van der Waals surface area contributed by atoms with Gasteiger partial charge >= 0.3 is 5.97 Å². The molecule has 1 N–H and O–H groups in total. The van der Waals surface area contributed by atoms with Crippen molar-refractivity contribution in [1.29, 1.82) is 0 Å². The number of ether oxygens (including phenoxy) is 3. The number of benzene rings is 1. The molecule has 19 heavy (non-hydrogen) atoms. The number of carbonyl (C=O) groups is 1.